The third-order valence-corrected chi connectivity index (χ3v) is 12.3. The Morgan fingerprint density at radius 3 is 1.44 bits per heavy atom. The number of likely N-dealkylation sites (tertiary alicyclic amines) is 1. The lowest BCUT2D eigenvalue weighted by Gasteiger charge is -2.34. The molecule has 8 nitrogen and oxygen atoms in total. The van der Waals surface area contributed by atoms with Crippen molar-refractivity contribution >= 4 is 5.69 Å². The Labute approximate surface area is 389 Å². The zero-order valence-corrected chi connectivity index (χ0v) is 40.4. The Morgan fingerprint density at radius 2 is 1.00 bits per heavy atom. The van der Waals surface area contributed by atoms with E-state index in [1.54, 1.807) is 37.6 Å². The van der Waals surface area contributed by atoms with Gasteiger partial charge in [-0.25, -0.2) is 4.98 Å². The molecule has 0 spiro atoms. The first-order valence-electron chi connectivity index (χ1n) is 22.8. The molecule has 0 bridgehead atoms. The average molecular weight is 921 g/mol. The monoisotopic (exact) mass is 921 g/mol. The largest absolute Gasteiger partial charge is 0.416 e. The molecule has 3 aliphatic heterocycles. The SMILES string of the molecule is Cc1cc(-n2cnc(C)c2)cc(C(F)(F)F)c1.Cc1cc(N2CCN(C)CC2)cc(C(F)(F)F)c1.Cc1ccc(CN2CCC(N(C)C)C2)cc1.Cc1ccc(CN2CCN(C)CC2)cc1. The molecule has 0 aliphatic carbocycles. The van der Waals surface area contributed by atoms with Gasteiger partial charge in [0, 0.05) is 102 Å². The molecule has 3 saturated heterocycles. The van der Waals surface area contributed by atoms with Gasteiger partial charge in [0.25, 0.3) is 0 Å². The van der Waals surface area contributed by atoms with Crippen LogP contribution in [0.5, 0.6) is 0 Å². The molecule has 3 aliphatic rings. The maximum absolute atomic E-state index is 12.8. The zero-order valence-electron chi connectivity index (χ0n) is 40.4. The Morgan fingerprint density at radius 1 is 0.545 bits per heavy atom. The number of piperazine rings is 2. The number of aromatic nitrogens is 2. The van der Waals surface area contributed by atoms with Crippen molar-refractivity contribution in [2.75, 3.05) is 98.5 Å². The molecule has 4 heterocycles. The van der Waals surface area contributed by atoms with Crippen molar-refractivity contribution in [2.24, 2.45) is 0 Å². The highest BCUT2D eigenvalue weighted by Crippen LogP contribution is 2.34. The number of rotatable bonds is 7. The van der Waals surface area contributed by atoms with E-state index in [-0.39, 0.29) is 0 Å². The maximum atomic E-state index is 12.8. The van der Waals surface area contributed by atoms with Crippen LogP contribution in [0.25, 0.3) is 5.69 Å². The number of aryl methyl sites for hydroxylation is 5. The van der Waals surface area contributed by atoms with Gasteiger partial charge in [0.05, 0.1) is 23.1 Å². The van der Waals surface area contributed by atoms with E-state index >= 15 is 0 Å². The molecule has 0 radical (unpaired) electrons. The van der Waals surface area contributed by atoms with Crippen molar-refractivity contribution < 1.29 is 26.3 Å². The molecular weight excluding hydrogens is 851 g/mol. The maximum Gasteiger partial charge on any atom is 0.416 e. The first-order chi connectivity index (χ1) is 31.1. The third kappa shape index (κ3) is 16.9. The van der Waals surface area contributed by atoms with Crippen LogP contribution in [-0.4, -0.2) is 134 Å². The molecule has 1 atom stereocenters. The van der Waals surface area contributed by atoms with Crippen molar-refractivity contribution in [3.05, 3.63) is 148 Å². The van der Waals surface area contributed by atoms with Gasteiger partial charge in [0.1, 0.15) is 0 Å². The van der Waals surface area contributed by atoms with Crippen LogP contribution in [0.2, 0.25) is 0 Å². The van der Waals surface area contributed by atoms with Gasteiger partial charge in [0.2, 0.25) is 0 Å². The summed E-state index contributed by atoms with van der Waals surface area (Å²) in [6.45, 7) is 22.2. The summed E-state index contributed by atoms with van der Waals surface area (Å²) in [7, 11) is 8.58. The zero-order chi connectivity index (χ0) is 48.2. The van der Waals surface area contributed by atoms with E-state index in [1.165, 1.54) is 86.4 Å². The van der Waals surface area contributed by atoms with E-state index in [2.05, 4.69) is 113 Å². The first-order valence-corrected chi connectivity index (χ1v) is 22.8. The molecule has 5 aromatic rings. The van der Waals surface area contributed by atoms with E-state index in [0.29, 0.717) is 22.5 Å². The molecule has 0 saturated carbocycles. The van der Waals surface area contributed by atoms with Gasteiger partial charge in [0.15, 0.2) is 0 Å². The van der Waals surface area contributed by atoms with Crippen LogP contribution in [0, 0.1) is 34.6 Å². The second kappa shape index (κ2) is 23.8. The van der Waals surface area contributed by atoms with E-state index in [0.717, 1.165) is 63.1 Å². The number of anilines is 1. The second-order valence-electron chi connectivity index (χ2n) is 18.5. The number of hydrogen-bond acceptors (Lipinski definition) is 7. The van der Waals surface area contributed by atoms with Gasteiger partial charge in [-0.1, -0.05) is 59.7 Å². The minimum absolute atomic E-state index is 0.470. The standard InChI is InChI=1S/C14H22N2.C13H17F3N2.C13H20N2.C12H11F3N2/c1-12-4-6-13(7-5-12)10-16-9-8-14(11-16)15(2)3;1-10-7-11(13(14,15)16)9-12(8-10)18-5-3-17(2)4-6-18;1-12-3-5-13(6-4-12)11-15-9-7-14(2)8-10-15;1-8-3-10(12(13,14)15)5-11(4-8)17-6-9(2)16-7-17/h4-7,14H,8-11H2,1-3H3;7-9H,3-6H2,1-2H3;3-6H,7-11H2,1-2H3;3-7H,1-2H3. The van der Waals surface area contributed by atoms with Crippen LogP contribution in [0.15, 0.2) is 97.5 Å². The summed E-state index contributed by atoms with van der Waals surface area (Å²) in [5.74, 6) is 0. The Kier molecular flexibility index (Phi) is 18.9. The fraction of sp³-hybridized carbons (Fsp3) is 0.481. The number of hydrogen-bond donors (Lipinski definition) is 0. The summed E-state index contributed by atoms with van der Waals surface area (Å²) >= 11 is 0. The van der Waals surface area contributed by atoms with Crippen LogP contribution in [0.1, 0.15) is 56.6 Å². The Bertz CT molecular complexity index is 2220. The molecule has 8 rings (SSSR count). The molecule has 0 amide bonds. The molecule has 1 unspecified atom stereocenters. The predicted octanol–water partition coefficient (Wildman–Crippen LogP) is 10.1. The molecule has 0 N–H and O–H groups in total. The molecule has 1 aromatic heterocycles. The smallest absolute Gasteiger partial charge is 0.369 e. The topological polar surface area (TPSA) is 37.3 Å². The van der Waals surface area contributed by atoms with Gasteiger partial charge in [-0.05, 0) is 128 Å². The first kappa shape index (κ1) is 52.2. The lowest BCUT2D eigenvalue weighted by molar-refractivity contribution is -0.138. The highest BCUT2D eigenvalue weighted by Gasteiger charge is 2.32. The van der Waals surface area contributed by atoms with Gasteiger partial charge < -0.3 is 24.2 Å². The Balaban J connectivity index is 0.000000165. The molecule has 3 fully saturated rings. The summed E-state index contributed by atoms with van der Waals surface area (Å²) in [4.78, 5) is 18.0. The molecule has 66 heavy (non-hydrogen) atoms. The van der Waals surface area contributed by atoms with E-state index in [9.17, 15) is 26.3 Å². The number of benzene rings is 4. The second-order valence-corrected chi connectivity index (χ2v) is 18.5. The van der Waals surface area contributed by atoms with Crippen molar-refractivity contribution in [1.29, 1.82) is 0 Å². The van der Waals surface area contributed by atoms with Gasteiger partial charge in [-0.3, -0.25) is 9.80 Å². The van der Waals surface area contributed by atoms with Crippen LogP contribution in [0.3, 0.4) is 0 Å². The molecule has 14 heteroatoms. The Hall–Kier alpha value is -4.73. The summed E-state index contributed by atoms with van der Waals surface area (Å²) in [5, 5.41) is 0. The van der Waals surface area contributed by atoms with Gasteiger partial charge >= 0.3 is 12.4 Å². The molecule has 4 aromatic carbocycles. The van der Waals surface area contributed by atoms with Crippen molar-refractivity contribution in [1.82, 2.24) is 34.1 Å². The van der Waals surface area contributed by atoms with Crippen LogP contribution in [-0.2, 0) is 25.4 Å². The molecular formula is C52H70F6N8. The van der Waals surface area contributed by atoms with Crippen molar-refractivity contribution in [3.8, 4) is 5.69 Å². The fourth-order valence-corrected chi connectivity index (χ4v) is 8.10. The normalized spacial score (nSPS) is 17.7. The third-order valence-electron chi connectivity index (χ3n) is 12.3. The summed E-state index contributed by atoms with van der Waals surface area (Å²) in [6, 6.07) is 26.7. The number of alkyl halides is 6. The number of halogens is 6. The summed E-state index contributed by atoms with van der Waals surface area (Å²) in [5.41, 5.74) is 7.49. The van der Waals surface area contributed by atoms with Crippen LogP contribution in [0.4, 0.5) is 32.0 Å². The van der Waals surface area contributed by atoms with Crippen molar-refractivity contribution in [2.45, 2.75) is 72.5 Å². The minimum Gasteiger partial charge on any atom is -0.369 e. The predicted molar refractivity (Wildman–Crippen MR) is 256 cm³/mol. The highest BCUT2D eigenvalue weighted by molar-refractivity contribution is 5.52. The van der Waals surface area contributed by atoms with Crippen LogP contribution >= 0.6 is 0 Å². The quantitative estimate of drug-likeness (QED) is 0.151. The number of nitrogens with zero attached hydrogens (tertiary/aromatic N) is 8. The number of likely N-dealkylation sites (N-methyl/N-ethyl adjacent to an activating group) is 3. The van der Waals surface area contributed by atoms with E-state index < -0.39 is 23.5 Å². The van der Waals surface area contributed by atoms with E-state index in [1.807, 2.05) is 18.0 Å². The average Bonchev–Trinajstić information content (AvgIpc) is 3.93. The van der Waals surface area contributed by atoms with Gasteiger partial charge in [-0.2, -0.15) is 26.3 Å². The fourth-order valence-electron chi connectivity index (χ4n) is 8.10. The highest BCUT2D eigenvalue weighted by atomic mass is 19.4. The summed E-state index contributed by atoms with van der Waals surface area (Å²) in [6.07, 6.45) is -4.10. The van der Waals surface area contributed by atoms with Crippen LogP contribution < -0.4 is 4.90 Å². The minimum atomic E-state index is -4.32. The van der Waals surface area contributed by atoms with E-state index in [4.69, 9.17) is 0 Å². The van der Waals surface area contributed by atoms with Crippen molar-refractivity contribution in [3.63, 3.8) is 0 Å². The lowest BCUT2D eigenvalue weighted by Crippen LogP contribution is -2.44. The number of imidazole rings is 1. The van der Waals surface area contributed by atoms with Gasteiger partial charge in [-0.15, -0.1) is 0 Å². The molecule has 360 valence electrons. The summed E-state index contributed by atoms with van der Waals surface area (Å²) < 4.78 is 77.8. The lowest BCUT2D eigenvalue weighted by atomic mass is 10.1.